The molecule has 11 heavy (non-hydrogen) atoms. The summed E-state index contributed by atoms with van der Waals surface area (Å²) in [5.41, 5.74) is 0. The highest BCUT2D eigenvalue weighted by molar-refractivity contribution is 5.76. The molecule has 2 saturated heterocycles. The molecule has 2 aliphatic heterocycles. The van der Waals surface area contributed by atoms with E-state index in [1.54, 1.807) is 0 Å². The molecule has 2 fully saturated rings. The summed E-state index contributed by atoms with van der Waals surface area (Å²) in [6.45, 7) is 0.829. The molecule has 0 aliphatic carbocycles. The van der Waals surface area contributed by atoms with Gasteiger partial charge in [-0.15, -0.1) is 0 Å². The first-order chi connectivity index (χ1) is 5.34. The Morgan fingerprint density at radius 1 is 1.27 bits per heavy atom. The Hall–Kier alpha value is -0.570. The van der Waals surface area contributed by atoms with Crippen LogP contribution < -0.4 is 10.6 Å². The zero-order chi connectivity index (χ0) is 7.68. The Labute approximate surface area is 66.5 Å². The largest absolute Gasteiger partial charge is 0.354 e. The summed E-state index contributed by atoms with van der Waals surface area (Å²) in [4.78, 5) is 11.1. The molecule has 2 atom stereocenters. The highest BCUT2D eigenvalue weighted by atomic mass is 16.1. The Balaban J connectivity index is 2.04. The van der Waals surface area contributed by atoms with Crippen LogP contribution in [0.15, 0.2) is 0 Å². The van der Waals surface area contributed by atoms with Crippen LogP contribution in [0.1, 0.15) is 25.7 Å². The molecule has 62 valence electrons. The lowest BCUT2D eigenvalue weighted by molar-refractivity contribution is -0.121. The van der Waals surface area contributed by atoms with E-state index in [4.69, 9.17) is 0 Å². The fourth-order valence-corrected chi connectivity index (χ4v) is 1.97. The second-order valence-electron chi connectivity index (χ2n) is 3.50. The number of piperidine rings is 1. The molecular weight excluding hydrogens is 140 g/mol. The third-order valence-corrected chi connectivity index (χ3v) is 2.55. The first-order valence-electron chi connectivity index (χ1n) is 4.37. The van der Waals surface area contributed by atoms with Crippen molar-refractivity contribution in [2.75, 3.05) is 6.54 Å². The van der Waals surface area contributed by atoms with Crippen molar-refractivity contribution in [2.45, 2.75) is 37.8 Å². The van der Waals surface area contributed by atoms with E-state index in [1.165, 1.54) is 19.3 Å². The first-order valence-corrected chi connectivity index (χ1v) is 4.37. The number of amides is 1. The standard InChI is InChI=1S/C8H14N2O/c11-8-4-6-2-1-3-7(10-6)5-9-8/h6-7,10H,1-5H2,(H,9,11)/t6-,7-/m0/s1. The zero-order valence-electron chi connectivity index (χ0n) is 6.60. The smallest absolute Gasteiger partial charge is 0.221 e. The van der Waals surface area contributed by atoms with Gasteiger partial charge in [0.2, 0.25) is 5.91 Å². The molecule has 0 unspecified atom stereocenters. The number of fused-ring (bicyclic) bond motifs is 2. The highest BCUT2D eigenvalue weighted by Gasteiger charge is 2.26. The van der Waals surface area contributed by atoms with E-state index < -0.39 is 0 Å². The Kier molecular flexibility index (Phi) is 1.82. The molecule has 0 aromatic carbocycles. The lowest BCUT2D eigenvalue weighted by Crippen LogP contribution is -2.43. The molecule has 0 saturated carbocycles. The minimum absolute atomic E-state index is 0.215. The number of hydrogen-bond acceptors (Lipinski definition) is 2. The maximum Gasteiger partial charge on any atom is 0.221 e. The molecule has 0 spiro atoms. The predicted octanol–water partition coefficient (Wildman–Crippen LogP) is 0.0170. The van der Waals surface area contributed by atoms with E-state index in [0.717, 1.165) is 6.54 Å². The van der Waals surface area contributed by atoms with Gasteiger partial charge in [0, 0.05) is 25.0 Å². The van der Waals surface area contributed by atoms with Crippen LogP contribution in [0.4, 0.5) is 0 Å². The van der Waals surface area contributed by atoms with Crippen molar-refractivity contribution in [3.63, 3.8) is 0 Å². The van der Waals surface area contributed by atoms with Gasteiger partial charge in [-0.25, -0.2) is 0 Å². The van der Waals surface area contributed by atoms with Crippen LogP contribution >= 0.6 is 0 Å². The van der Waals surface area contributed by atoms with Crippen LogP contribution in [0.25, 0.3) is 0 Å². The Bertz CT molecular complexity index is 169. The monoisotopic (exact) mass is 154 g/mol. The SMILES string of the molecule is O=C1C[C@@H]2CCC[C@@H](CN1)N2. The summed E-state index contributed by atoms with van der Waals surface area (Å²) in [6, 6.07) is 0.997. The molecular formula is C8H14N2O. The summed E-state index contributed by atoms with van der Waals surface area (Å²) >= 11 is 0. The van der Waals surface area contributed by atoms with Crippen molar-refractivity contribution in [3.05, 3.63) is 0 Å². The first kappa shape index (κ1) is 7.10. The van der Waals surface area contributed by atoms with E-state index in [1.807, 2.05) is 0 Å². The summed E-state index contributed by atoms with van der Waals surface area (Å²) in [5.74, 6) is 0.215. The normalized spacial score (nSPS) is 37.6. The maximum absolute atomic E-state index is 11.1. The van der Waals surface area contributed by atoms with Crippen LogP contribution in [0, 0.1) is 0 Å². The van der Waals surface area contributed by atoms with Crippen LogP contribution in [0.5, 0.6) is 0 Å². The van der Waals surface area contributed by atoms with Gasteiger partial charge in [0.25, 0.3) is 0 Å². The topological polar surface area (TPSA) is 41.1 Å². The minimum Gasteiger partial charge on any atom is -0.354 e. The molecule has 2 bridgehead atoms. The quantitative estimate of drug-likeness (QED) is 0.516. The molecule has 3 heteroatoms. The summed E-state index contributed by atoms with van der Waals surface area (Å²) < 4.78 is 0. The maximum atomic E-state index is 11.1. The van der Waals surface area contributed by atoms with Crippen molar-refractivity contribution in [2.24, 2.45) is 0 Å². The number of nitrogens with one attached hydrogen (secondary N) is 2. The van der Waals surface area contributed by atoms with Crippen LogP contribution in [-0.4, -0.2) is 24.5 Å². The molecule has 2 aliphatic rings. The van der Waals surface area contributed by atoms with Crippen molar-refractivity contribution < 1.29 is 4.79 Å². The van der Waals surface area contributed by atoms with Gasteiger partial charge in [-0.05, 0) is 12.8 Å². The van der Waals surface area contributed by atoms with Gasteiger partial charge in [-0.2, -0.15) is 0 Å². The number of rotatable bonds is 0. The van der Waals surface area contributed by atoms with E-state index in [0.29, 0.717) is 18.5 Å². The highest BCUT2D eigenvalue weighted by Crippen LogP contribution is 2.16. The fourth-order valence-electron chi connectivity index (χ4n) is 1.97. The van der Waals surface area contributed by atoms with Gasteiger partial charge in [-0.1, -0.05) is 6.42 Å². The molecule has 2 rings (SSSR count). The van der Waals surface area contributed by atoms with Gasteiger partial charge in [0.1, 0.15) is 0 Å². The molecule has 3 nitrogen and oxygen atoms in total. The lowest BCUT2D eigenvalue weighted by Gasteiger charge is -2.26. The van der Waals surface area contributed by atoms with Crippen LogP contribution in [0.2, 0.25) is 0 Å². The van der Waals surface area contributed by atoms with Crippen LogP contribution in [-0.2, 0) is 4.79 Å². The second kappa shape index (κ2) is 2.81. The molecule has 2 heterocycles. The van der Waals surface area contributed by atoms with Gasteiger partial charge in [0.05, 0.1) is 0 Å². The van der Waals surface area contributed by atoms with E-state index in [2.05, 4.69) is 10.6 Å². The van der Waals surface area contributed by atoms with Gasteiger partial charge >= 0.3 is 0 Å². The number of carbonyl (C=O) groups excluding carboxylic acids is 1. The molecule has 1 amide bonds. The lowest BCUT2D eigenvalue weighted by atomic mass is 9.98. The molecule has 2 N–H and O–H groups in total. The van der Waals surface area contributed by atoms with E-state index in [-0.39, 0.29) is 5.91 Å². The Morgan fingerprint density at radius 2 is 2.09 bits per heavy atom. The van der Waals surface area contributed by atoms with Crippen molar-refractivity contribution in [3.8, 4) is 0 Å². The summed E-state index contributed by atoms with van der Waals surface area (Å²) in [6.07, 6.45) is 4.34. The predicted molar refractivity (Wildman–Crippen MR) is 42.2 cm³/mol. The van der Waals surface area contributed by atoms with Crippen LogP contribution in [0.3, 0.4) is 0 Å². The van der Waals surface area contributed by atoms with E-state index >= 15 is 0 Å². The van der Waals surface area contributed by atoms with Crippen molar-refractivity contribution >= 4 is 5.91 Å². The van der Waals surface area contributed by atoms with E-state index in [9.17, 15) is 4.79 Å². The van der Waals surface area contributed by atoms with Gasteiger partial charge < -0.3 is 10.6 Å². The fraction of sp³-hybridized carbons (Fsp3) is 0.875. The number of hydrogen-bond donors (Lipinski definition) is 2. The average molecular weight is 154 g/mol. The van der Waals surface area contributed by atoms with Crippen molar-refractivity contribution in [1.29, 1.82) is 0 Å². The van der Waals surface area contributed by atoms with Gasteiger partial charge in [0.15, 0.2) is 0 Å². The van der Waals surface area contributed by atoms with Crippen molar-refractivity contribution in [1.82, 2.24) is 10.6 Å². The molecule has 0 radical (unpaired) electrons. The average Bonchev–Trinajstić information content (AvgIpc) is 2.12. The summed E-state index contributed by atoms with van der Waals surface area (Å²) in [7, 11) is 0. The second-order valence-corrected chi connectivity index (χ2v) is 3.50. The summed E-state index contributed by atoms with van der Waals surface area (Å²) in [5, 5.41) is 6.38. The molecule has 0 aromatic rings. The molecule has 0 aromatic heterocycles. The minimum atomic E-state index is 0.215. The zero-order valence-corrected chi connectivity index (χ0v) is 6.60. The third kappa shape index (κ3) is 1.53. The third-order valence-electron chi connectivity index (χ3n) is 2.55. The Morgan fingerprint density at radius 3 is 3.00 bits per heavy atom. The van der Waals surface area contributed by atoms with Gasteiger partial charge in [-0.3, -0.25) is 4.79 Å². The number of carbonyl (C=O) groups is 1.